The van der Waals surface area contributed by atoms with Gasteiger partial charge in [0.25, 0.3) is 0 Å². The molecular weight excluding hydrogens is 388 g/mol. The molecular formula is C27H52O4. The third kappa shape index (κ3) is 14.3. The predicted octanol–water partition coefficient (Wildman–Crippen LogP) is 7.77. The zero-order valence-electron chi connectivity index (χ0n) is 21.1. The molecule has 1 heterocycles. The van der Waals surface area contributed by atoms with Crippen LogP contribution in [0.2, 0.25) is 0 Å². The number of ketones is 1. The van der Waals surface area contributed by atoms with E-state index in [1.165, 1.54) is 96.3 Å². The van der Waals surface area contributed by atoms with E-state index < -0.39 is 11.9 Å². The quantitative estimate of drug-likeness (QED) is 0.171. The third-order valence-electron chi connectivity index (χ3n) is 6.50. The van der Waals surface area contributed by atoms with E-state index in [1.54, 1.807) is 0 Å². The monoisotopic (exact) mass is 440 g/mol. The van der Waals surface area contributed by atoms with Crippen molar-refractivity contribution >= 4 is 5.78 Å². The summed E-state index contributed by atoms with van der Waals surface area (Å²) in [6.45, 7) is 7.65. The Morgan fingerprint density at radius 1 is 0.710 bits per heavy atom. The second kappa shape index (κ2) is 19.1. The van der Waals surface area contributed by atoms with Gasteiger partial charge in [-0.05, 0) is 19.8 Å². The zero-order valence-corrected chi connectivity index (χ0v) is 21.1. The molecule has 0 aromatic rings. The minimum Gasteiger partial charge on any atom is -0.370 e. The number of carbonyl (C=O) groups is 1. The molecule has 0 N–H and O–H groups in total. The number of Topliss-reactive ketones (excluding diaryl/α,β-unsaturated/α-hetero) is 1. The Morgan fingerprint density at radius 3 is 1.61 bits per heavy atom. The van der Waals surface area contributed by atoms with Crippen molar-refractivity contribution in [1.29, 1.82) is 0 Å². The second-order valence-electron chi connectivity index (χ2n) is 9.71. The van der Waals surface area contributed by atoms with Gasteiger partial charge in [-0.3, -0.25) is 4.79 Å². The molecule has 0 aromatic carbocycles. The van der Waals surface area contributed by atoms with Crippen LogP contribution < -0.4 is 0 Å². The number of hydrogen-bond acceptors (Lipinski definition) is 4. The maximum Gasteiger partial charge on any atom is 0.187 e. The molecule has 31 heavy (non-hydrogen) atoms. The van der Waals surface area contributed by atoms with Crippen molar-refractivity contribution in [1.82, 2.24) is 0 Å². The van der Waals surface area contributed by atoms with Crippen molar-refractivity contribution < 1.29 is 19.0 Å². The Kier molecular flexibility index (Phi) is 17.6. The van der Waals surface area contributed by atoms with Gasteiger partial charge >= 0.3 is 0 Å². The molecule has 1 aliphatic rings. The Balaban J connectivity index is 2.15. The first-order valence-corrected chi connectivity index (χ1v) is 13.5. The lowest BCUT2D eigenvalue weighted by atomic mass is 9.95. The molecule has 1 aliphatic heterocycles. The van der Waals surface area contributed by atoms with Crippen molar-refractivity contribution in [3.63, 3.8) is 0 Å². The predicted molar refractivity (Wildman–Crippen MR) is 130 cm³/mol. The highest BCUT2D eigenvalue weighted by molar-refractivity contribution is 5.81. The van der Waals surface area contributed by atoms with E-state index in [0.29, 0.717) is 0 Å². The van der Waals surface area contributed by atoms with Crippen LogP contribution in [0.5, 0.6) is 0 Å². The molecule has 1 rings (SSSR count). The maximum absolute atomic E-state index is 11.5. The van der Waals surface area contributed by atoms with Crippen molar-refractivity contribution in [2.45, 2.75) is 148 Å². The zero-order chi connectivity index (χ0) is 22.6. The summed E-state index contributed by atoms with van der Waals surface area (Å²) in [5, 5.41) is 0. The largest absolute Gasteiger partial charge is 0.370 e. The lowest BCUT2D eigenvalue weighted by molar-refractivity contribution is -0.262. The molecule has 0 aliphatic carbocycles. The summed E-state index contributed by atoms with van der Waals surface area (Å²) in [6.07, 6.45) is 22.9. The van der Waals surface area contributed by atoms with Gasteiger partial charge in [0.2, 0.25) is 0 Å². The average molecular weight is 441 g/mol. The molecule has 0 amide bonds. The summed E-state index contributed by atoms with van der Waals surface area (Å²) in [4.78, 5) is 11.5. The Bertz CT molecular complexity index is 415. The van der Waals surface area contributed by atoms with Gasteiger partial charge < -0.3 is 14.2 Å². The van der Waals surface area contributed by atoms with Gasteiger partial charge in [-0.2, -0.15) is 0 Å². The van der Waals surface area contributed by atoms with Crippen LogP contribution in [0.25, 0.3) is 0 Å². The lowest BCUT2D eigenvalue weighted by Crippen LogP contribution is -2.49. The molecule has 0 spiro atoms. The molecule has 0 radical (unpaired) electrons. The van der Waals surface area contributed by atoms with Crippen molar-refractivity contribution in [3.8, 4) is 0 Å². The van der Waals surface area contributed by atoms with Crippen molar-refractivity contribution in [3.05, 3.63) is 0 Å². The topological polar surface area (TPSA) is 44.8 Å². The number of rotatable bonds is 21. The molecule has 184 valence electrons. The van der Waals surface area contributed by atoms with Gasteiger partial charge in [0.15, 0.2) is 12.1 Å². The standard InChI is InChI=1S/C27H52O4/c1-4-6-8-10-11-12-13-14-15-16-17-18-19-21-27(3,31-22-20-9-7-5-2)26-29-23-25(28)24-30-26/h26H,4-24H2,1-3H3. The molecule has 0 bridgehead atoms. The first-order chi connectivity index (χ1) is 15.1. The Morgan fingerprint density at radius 2 is 1.13 bits per heavy atom. The highest BCUT2D eigenvalue weighted by atomic mass is 16.7. The maximum atomic E-state index is 11.5. The van der Waals surface area contributed by atoms with E-state index in [4.69, 9.17) is 14.2 Å². The molecule has 4 heteroatoms. The minimum absolute atomic E-state index is 0.0162. The first-order valence-electron chi connectivity index (χ1n) is 13.5. The summed E-state index contributed by atoms with van der Waals surface area (Å²) < 4.78 is 17.7. The fraction of sp³-hybridized carbons (Fsp3) is 0.963. The van der Waals surface area contributed by atoms with Gasteiger partial charge in [-0.1, -0.05) is 117 Å². The third-order valence-corrected chi connectivity index (χ3v) is 6.50. The van der Waals surface area contributed by atoms with Crippen LogP contribution in [-0.4, -0.2) is 37.5 Å². The van der Waals surface area contributed by atoms with E-state index in [9.17, 15) is 4.79 Å². The molecule has 1 fully saturated rings. The Labute approximate surface area is 193 Å². The van der Waals surface area contributed by atoms with Crippen LogP contribution in [0.15, 0.2) is 0 Å². The SMILES string of the molecule is CCCCCCCCCCCCCCCC(C)(OCCCCCC)C1OCC(=O)CO1. The number of hydrogen-bond donors (Lipinski definition) is 0. The van der Waals surface area contributed by atoms with Gasteiger partial charge in [0.05, 0.1) is 0 Å². The summed E-state index contributed by atoms with van der Waals surface area (Å²) in [5.41, 5.74) is -0.454. The average Bonchev–Trinajstić information content (AvgIpc) is 2.77. The molecule has 0 aromatic heterocycles. The fourth-order valence-corrected chi connectivity index (χ4v) is 4.37. The first kappa shape index (κ1) is 28.6. The van der Waals surface area contributed by atoms with E-state index in [2.05, 4.69) is 20.8 Å². The summed E-state index contributed by atoms with van der Waals surface area (Å²) in [6, 6.07) is 0. The Hall–Kier alpha value is -0.450. The molecule has 0 saturated carbocycles. The fourth-order valence-electron chi connectivity index (χ4n) is 4.37. The van der Waals surface area contributed by atoms with E-state index >= 15 is 0 Å². The van der Waals surface area contributed by atoms with Crippen LogP contribution >= 0.6 is 0 Å². The van der Waals surface area contributed by atoms with Gasteiger partial charge in [-0.15, -0.1) is 0 Å². The van der Waals surface area contributed by atoms with Crippen LogP contribution in [0.4, 0.5) is 0 Å². The van der Waals surface area contributed by atoms with E-state index in [0.717, 1.165) is 25.9 Å². The van der Waals surface area contributed by atoms with E-state index in [-0.39, 0.29) is 19.0 Å². The summed E-state index contributed by atoms with van der Waals surface area (Å²) in [7, 11) is 0. The number of unbranched alkanes of at least 4 members (excludes halogenated alkanes) is 15. The van der Waals surface area contributed by atoms with Crippen LogP contribution in [0.1, 0.15) is 136 Å². The van der Waals surface area contributed by atoms with Crippen molar-refractivity contribution in [2.24, 2.45) is 0 Å². The second-order valence-corrected chi connectivity index (χ2v) is 9.71. The van der Waals surface area contributed by atoms with Gasteiger partial charge in [0, 0.05) is 6.61 Å². The van der Waals surface area contributed by atoms with E-state index in [1.807, 2.05) is 0 Å². The van der Waals surface area contributed by atoms with Crippen LogP contribution in [0, 0.1) is 0 Å². The highest BCUT2D eigenvalue weighted by Gasteiger charge is 2.39. The van der Waals surface area contributed by atoms with Crippen molar-refractivity contribution in [2.75, 3.05) is 19.8 Å². The number of carbonyl (C=O) groups excluding carboxylic acids is 1. The minimum atomic E-state index is -0.454. The summed E-state index contributed by atoms with van der Waals surface area (Å²) in [5.74, 6) is 0.0162. The van der Waals surface area contributed by atoms with Gasteiger partial charge in [-0.25, -0.2) is 0 Å². The number of ether oxygens (including phenoxy) is 3. The highest BCUT2D eigenvalue weighted by Crippen LogP contribution is 2.29. The van der Waals surface area contributed by atoms with Crippen LogP contribution in [0.3, 0.4) is 0 Å². The molecule has 1 saturated heterocycles. The smallest absolute Gasteiger partial charge is 0.187 e. The molecule has 1 atom stereocenters. The molecule has 1 unspecified atom stereocenters. The van der Waals surface area contributed by atoms with Gasteiger partial charge in [0.1, 0.15) is 18.8 Å². The summed E-state index contributed by atoms with van der Waals surface area (Å²) >= 11 is 0. The lowest BCUT2D eigenvalue weighted by Gasteiger charge is -2.38. The normalized spacial score (nSPS) is 17.2. The molecule has 4 nitrogen and oxygen atoms in total. The van der Waals surface area contributed by atoms with Crippen LogP contribution in [-0.2, 0) is 19.0 Å².